The lowest BCUT2D eigenvalue weighted by Crippen LogP contribution is -2.14. The molecule has 0 fully saturated rings. The fourth-order valence-electron chi connectivity index (χ4n) is 1.98. The summed E-state index contributed by atoms with van der Waals surface area (Å²) in [5.74, 6) is 1.44. The minimum absolute atomic E-state index is 0.0198. The van der Waals surface area contributed by atoms with Gasteiger partial charge in [-0.2, -0.15) is 0 Å². The molecule has 118 valence electrons. The van der Waals surface area contributed by atoms with Gasteiger partial charge in [0.05, 0.1) is 24.7 Å². The van der Waals surface area contributed by atoms with Crippen molar-refractivity contribution in [3.8, 4) is 22.8 Å². The van der Waals surface area contributed by atoms with Gasteiger partial charge in [0.25, 0.3) is 0 Å². The fourth-order valence-corrected chi connectivity index (χ4v) is 3.57. The largest absolute Gasteiger partial charge is 0.490 e. The molecule has 2 heterocycles. The Bertz CT molecular complexity index is 771. The highest BCUT2D eigenvalue weighted by molar-refractivity contribution is 7.92. The maximum Gasteiger partial charge on any atom is 0.234 e. The Morgan fingerprint density at radius 1 is 1.27 bits per heavy atom. The van der Waals surface area contributed by atoms with Crippen molar-refractivity contribution in [1.29, 1.82) is 0 Å². The lowest BCUT2D eigenvalue weighted by molar-refractivity contribution is 0.297. The van der Waals surface area contributed by atoms with Gasteiger partial charge in [-0.15, -0.1) is 11.3 Å². The third-order valence-corrected chi connectivity index (χ3v) is 5.32. The number of nitrogens with zero attached hydrogens (tertiary/aromatic N) is 1. The molecule has 1 aliphatic rings. The summed E-state index contributed by atoms with van der Waals surface area (Å²) in [6.45, 7) is 2.85. The van der Waals surface area contributed by atoms with Crippen LogP contribution in [0.2, 0.25) is 0 Å². The van der Waals surface area contributed by atoms with Crippen LogP contribution in [0.15, 0.2) is 23.6 Å². The van der Waals surface area contributed by atoms with E-state index in [2.05, 4.69) is 9.71 Å². The molecule has 0 aliphatic carbocycles. The van der Waals surface area contributed by atoms with Crippen molar-refractivity contribution in [1.82, 2.24) is 4.98 Å². The summed E-state index contributed by atoms with van der Waals surface area (Å²) in [5, 5.41) is 2.18. The topological polar surface area (TPSA) is 77.5 Å². The molecule has 0 atom stereocenters. The zero-order chi connectivity index (χ0) is 15.6. The summed E-state index contributed by atoms with van der Waals surface area (Å²) in [7, 11) is -3.31. The fraction of sp³-hybridized carbons (Fsp3) is 0.357. The van der Waals surface area contributed by atoms with Crippen LogP contribution in [0.4, 0.5) is 5.13 Å². The Morgan fingerprint density at radius 2 is 2.05 bits per heavy atom. The first-order valence-corrected chi connectivity index (χ1v) is 9.46. The van der Waals surface area contributed by atoms with Crippen molar-refractivity contribution in [2.45, 2.75) is 13.3 Å². The van der Waals surface area contributed by atoms with E-state index in [0.717, 1.165) is 17.7 Å². The Balaban J connectivity index is 1.86. The molecule has 8 heteroatoms. The highest BCUT2D eigenvalue weighted by atomic mass is 32.2. The smallest absolute Gasteiger partial charge is 0.234 e. The summed E-state index contributed by atoms with van der Waals surface area (Å²) in [5.41, 5.74) is 1.57. The van der Waals surface area contributed by atoms with Crippen LogP contribution >= 0.6 is 11.3 Å². The minimum Gasteiger partial charge on any atom is -0.490 e. The first-order chi connectivity index (χ1) is 10.6. The van der Waals surface area contributed by atoms with Gasteiger partial charge < -0.3 is 9.47 Å². The molecule has 0 spiro atoms. The molecule has 1 aromatic carbocycles. The van der Waals surface area contributed by atoms with E-state index in [1.807, 2.05) is 23.6 Å². The van der Waals surface area contributed by atoms with Gasteiger partial charge >= 0.3 is 0 Å². The molecular weight excluding hydrogens is 324 g/mol. The predicted molar refractivity (Wildman–Crippen MR) is 86.2 cm³/mol. The summed E-state index contributed by atoms with van der Waals surface area (Å²) < 4.78 is 36.8. The van der Waals surface area contributed by atoms with Crippen molar-refractivity contribution in [2.75, 3.05) is 23.7 Å². The molecule has 0 bridgehead atoms. The number of ether oxygens (including phenoxy) is 2. The van der Waals surface area contributed by atoms with Gasteiger partial charge in [0.2, 0.25) is 10.0 Å². The molecule has 1 N–H and O–H groups in total. The Labute approximate surface area is 133 Å². The SMILES string of the molecule is CCS(=O)(=O)Nc1nc(-c2ccc3c(c2)OCCCO3)cs1. The van der Waals surface area contributed by atoms with Crippen molar-refractivity contribution in [2.24, 2.45) is 0 Å². The van der Waals surface area contributed by atoms with Crippen LogP contribution in [-0.2, 0) is 10.0 Å². The van der Waals surface area contributed by atoms with Crippen LogP contribution in [0.5, 0.6) is 11.5 Å². The van der Waals surface area contributed by atoms with Gasteiger partial charge in [0.1, 0.15) is 0 Å². The van der Waals surface area contributed by atoms with Crippen LogP contribution in [0.1, 0.15) is 13.3 Å². The van der Waals surface area contributed by atoms with Crippen LogP contribution in [0.25, 0.3) is 11.3 Å². The molecule has 1 aromatic heterocycles. The number of hydrogen-bond donors (Lipinski definition) is 1. The second-order valence-corrected chi connectivity index (χ2v) is 7.62. The Hall–Kier alpha value is -1.80. The zero-order valence-corrected chi connectivity index (χ0v) is 13.7. The van der Waals surface area contributed by atoms with E-state index in [9.17, 15) is 8.42 Å². The summed E-state index contributed by atoms with van der Waals surface area (Å²) in [6, 6.07) is 5.61. The van der Waals surface area contributed by atoms with Gasteiger partial charge in [0.15, 0.2) is 16.6 Å². The van der Waals surface area contributed by atoms with E-state index in [1.54, 1.807) is 6.92 Å². The number of fused-ring (bicyclic) bond motifs is 1. The number of aromatic nitrogens is 1. The molecule has 22 heavy (non-hydrogen) atoms. The maximum absolute atomic E-state index is 11.6. The average molecular weight is 340 g/mol. The second kappa shape index (κ2) is 6.13. The van der Waals surface area contributed by atoms with Crippen molar-refractivity contribution in [3.05, 3.63) is 23.6 Å². The van der Waals surface area contributed by atoms with Gasteiger partial charge in [0, 0.05) is 17.4 Å². The summed E-state index contributed by atoms with van der Waals surface area (Å²) >= 11 is 1.25. The first kappa shape index (κ1) is 15.1. The monoisotopic (exact) mass is 340 g/mol. The quantitative estimate of drug-likeness (QED) is 0.926. The molecule has 6 nitrogen and oxygen atoms in total. The summed E-state index contributed by atoms with van der Waals surface area (Å²) in [4.78, 5) is 4.32. The highest BCUT2D eigenvalue weighted by Gasteiger charge is 2.14. The number of hydrogen-bond acceptors (Lipinski definition) is 6. The van der Waals surface area contributed by atoms with Gasteiger partial charge in [-0.3, -0.25) is 4.72 Å². The Morgan fingerprint density at radius 3 is 2.82 bits per heavy atom. The van der Waals surface area contributed by atoms with Crippen molar-refractivity contribution >= 4 is 26.5 Å². The highest BCUT2D eigenvalue weighted by Crippen LogP contribution is 2.35. The van der Waals surface area contributed by atoms with E-state index in [4.69, 9.17) is 9.47 Å². The summed E-state index contributed by atoms with van der Waals surface area (Å²) in [6.07, 6.45) is 0.851. The number of sulfonamides is 1. The molecule has 1 aliphatic heterocycles. The van der Waals surface area contributed by atoms with Crippen LogP contribution in [0.3, 0.4) is 0 Å². The van der Waals surface area contributed by atoms with E-state index in [0.29, 0.717) is 29.8 Å². The maximum atomic E-state index is 11.6. The molecule has 0 unspecified atom stereocenters. The molecule has 3 rings (SSSR count). The van der Waals surface area contributed by atoms with Crippen LogP contribution < -0.4 is 14.2 Å². The molecule has 2 aromatic rings. The lowest BCUT2D eigenvalue weighted by Gasteiger charge is -2.08. The van der Waals surface area contributed by atoms with Crippen molar-refractivity contribution in [3.63, 3.8) is 0 Å². The molecular formula is C14H16N2O4S2. The van der Waals surface area contributed by atoms with Gasteiger partial charge in [-0.25, -0.2) is 13.4 Å². The minimum atomic E-state index is -3.31. The predicted octanol–water partition coefficient (Wildman–Crippen LogP) is 2.73. The zero-order valence-electron chi connectivity index (χ0n) is 12.0. The van der Waals surface area contributed by atoms with Crippen LogP contribution in [0, 0.1) is 0 Å². The number of benzene rings is 1. The second-order valence-electron chi connectivity index (χ2n) is 4.76. The number of anilines is 1. The van der Waals surface area contributed by atoms with Gasteiger partial charge in [-0.05, 0) is 25.1 Å². The first-order valence-electron chi connectivity index (χ1n) is 6.93. The molecule has 0 radical (unpaired) electrons. The molecule has 0 saturated carbocycles. The molecule has 0 amide bonds. The lowest BCUT2D eigenvalue weighted by atomic mass is 10.1. The Kier molecular flexibility index (Phi) is 4.21. The van der Waals surface area contributed by atoms with E-state index in [-0.39, 0.29) is 5.75 Å². The van der Waals surface area contributed by atoms with E-state index < -0.39 is 10.0 Å². The third kappa shape index (κ3) is 3.33. The van der Waals surface area contributed by atoms with Gasteiger partial charge in [-0.1, -0.05) is 0 Å². The number of rotatable bonds is 4. The average Bonchev–Trinajstić information content (AvgIpc) is 2.82. The molecule has 0 saturated heterocycles. The number of nitrogens with one attached hydrogen (secondary N) is 1. The van der Waals surface area contributed by atoms with E-state index in [1.165, 1.54) is 11.3 Å². The van der Waals surface area contributed by atoms with Crippen LogP contribution in [-0.4, -0.2) is 32.4 Å². The third-order valence-electron chi connectivity index (χ3n) is 3.17. The number of thiazole rings is 1. The van der Waals surface area contributed by atoms with Crippen molar-refractivity contribution < 1.29 is 17.9 Å². The standard InChI is InChI=1S/C14H16N2O4S2/c1-2-22(17,18)16-14-15-11(9-21-14)10-4-5-12-13(8-10)20-7-3-6-19-12/h4-5,8-9H,2-3,6-7H2,1H3,(H,15,16). The normalized spacial score (nSPS) is 14.4. The van der Waals surface area contributed by atoms with E-state index >= 15 is 0 Å².